The van der Waals surface area contributed by atoms with Crippen molar-refractivity contribution in [3.63, 3.8) is 0 Å². The summed E-state index contributed by atoms with van der Waals surface area (Å²) >= 11 is 0. The molecule has 0 aliphatic rings. The van der Waals surface area contributed by atoms with Gasteiger partial charge in [0.1, 0.15) is 11.6 Å². The first-order valence-electron chi connectivity index (χ1n) is 6.86. The van der Waals surface area contributed by atoms with Gasteiger partial charge in [-0.15, -0.1) is 0 Å². The van der Waals surface area contributed by atoms with E-state index in [2.05, 4.69) is 0 Å². The standard InChI is InChI=1S/C16H14FN3O3/c1-19-13-7-4-11(18)8-14(13)20(16(19)22)15(21)9-23-12-5-2-10(17)3-6-12/h2-8H,9,18H2,1H3. The van der Waals surface area contributed by atoms with Crippen molar-refractivity contribution in [3.05, 3.63) is 58.8 Å². The van der Waals surface area contributed by atoms with Crippen LogP contribution < -0.4 is 16.2 Å². The van der Waals surface area contributed by atoms with Crippen LogP contribution >= 0.6 is 0 Å². The van der Waals surface area contributed by atoms with Crippen molar-refractivity contribution in [3.8, 4) is 5.75 Å². The quantitative estimate of drug-likeness (QED) is 0.747. The number of halogens is 1. The van der Waals surface area contributed by atoms with E-state index in [1.807, 2.05) is 0 Å². The number of nitrogens with two attached hydrogens (primary N) is 1. The molecule has 1 aromatic heterocycles. The smallest absolute Gasteiger partial charge is 0.335 e. The van der Waals surface area contributed by atoms with Gasteiger partial charge in [0.2, 0.25) is 0 Å². The van der Waals surface area contributed by atoms with E-state index in [9.17, 15) is 14.0 Å². The molecule has 0 bridgehead atoms. The molecule has 0 spiro atoms. The van der Waals surface area contributed by atoms with Crippen molar-refractivity contribution in [2.24, 2.45) is 7.05 Å². The third kappa shape index (κ3) is 2.68. The molecule has 7 heteroatoms. The molecule has 0 radical (unpaired) electrons. The highest BCUT2D eigenvalue weighted by molar-refractivity contribution is 5.92. The highest BCUT2D eigenvalue weighted by atomic mass is 19.1. The Bertz CT molecular complexity index is 942. The molecule has 2 aromatic carbocycles. The molecule has 3 aromatic rings. The third-order valence-corrected chi connectivity index (χ3v) is 3.51. The average Bonchev–Trinajstić information content (AvgIpc) is 2.77. The molecular formula is C16H14FN3O3. The lowest BCUT2D eigenvalue weighted by Gasteiger charge is -2.06. The van der Waals surface area contributed by atoms with E-state index >= 15 is 0 Å². The first-order chi connectivity index (χ1) is 11.0. The number of ether oxygens (including phenoxy) is 1. The lowest BCUT2D eigenvalue weighted by atomic mass is 10.3. The fraction of sp³-hybridized carbons (Fsp3) is 0.125. The number of benzene rings is 2. The number of nitrogen functional groups attached to an aromatic ring is 1. The van der Waals surface area contributed by atoms with Crippen LogP contribution in [0.15, 0.2) is 47.3 Å². The molecule has 0 atom stereocenters. The summed E-state index contributed by atoms with van der Waals surface area (Å²) in [4.78, 5) is 24.6. The number of fused-ring (bicyclic) bond motifs is 1. The summed E-state index contributed by atoms with van der Waals surface area (Å²) in [6.07, 6.45) is 0. The van der Waals surface area contributed by atoms with Crippen molar-refractivity contribution < 1.29 is 13.9 Å². The molecular weight excluding hydrogens is 301 g/mol. The minimum absolute atomic E-state index is 0.340. The fourth-order valence-electron chi connectivity index (χ4n) is 2.34. The predicted molar refractivity (Wildman–Crippen MR) is 84.1 cm³/mol. The van der Waals surface area contributed by atoms with Crippen LogP contribution in [0.2, 0.25) is 0 Å². The normalized spacial score (nSPS) is 10.9. The van der Waals surface area contributed by atoms with E-state index in [0.717, 1.165) is 4.57 Å². The zero-order valence-electron chi connectivity index (χ0n) is 12.3. The lowest BCUT2D eigenvalue weighted by molar-refractivity contribution is 0.0838. The zero-order chi connectivity index (χ0) is 16.6. The molecule has 0 saturated carbocycles. The number of imidazole rings is 1. The maximum absolute atomic E-state index is 12.8. The van der Waals surface area contributed by atoms with E-state index < -0.39 is 17.4 Å². The Labute approximate surface area is 130 Å². The van der Waals surface area contributed by atoms with Crippen LogP contribution in [0.1, 0.15) is 4.79 Å². The summed E-state index contributed by atoms with van der Waals surface area (Å²) in [7, 11) is 1.57. The molecule has 118 valence electrons. The number of hydrogen-bond donors (Lipinski definition) is 1. The Balaban J connectivity index is 1.92. The van der Waals surface area contributed by atoms with Gasteiger partial charge in [0.25, 0.3) is 5.91 Å². The minimum Gasteiger partial charge on any atom is -0.484 e. The van der Waals surface area contributed by atoms with Gasteiger partial charge in [0.05, 0.1) is 11.0 Å². The summed E-state index contributed by atoms with van der Waals surface area (Å²) in [6, 6.07) is 10.2. The summed E-state index contributed by atoms with van der Waals surface area (Å²) in [6.45, 7) is -0.348. The molecule has 0 amide bonds. The number of hydrogen-bond acceptors (Lipinski definition) is 4. The second-order valence-corrected chi connectivity index (χ2v) is 5.06. The topological polar surface area (TPSA) is 79.2 Å². The monoisotopic (exact) mass is 315 g/mol. The highest BCUT2D eigenvalue weighted by Crippen LogP contribution is 2.16. The molecule has 23 heavy (non-hydrogen) atoms. The number of carbonyl (C=O) groups excluding carboxylic acids is 1. The highest BCUT2D eigenvalue weighted by Gasteiger charge is 2.17. The van der Waals surface area contributed by atoms with Gasteiger partial charge in [-0.05, 0) is 42.5 Å². The van der Waals surface area contributed by atoms with Crippen molar-refractivity contribution in [1.29, 1.82) is 0 Å². The van der Waals surface area contributed by atoms with Gasteiger partial charge in [-0.3, -0.25) is 9.36 Å². The minimum atomic E-state index is -0.532. The van der Waals surface area contributed by atoms with E-state index in [1.54, 1.807) is 25.2 Å². The molecule has 0 aliphatic carbocycles. The molecule has 0 aliphatic heterocycles. The van der Waals surface area contributed by atoms with Gasteiger partial charge in [-0.1, -0.05) is 0 Å². The average molecular weight is 315 g/mol. The van der Waals surface area contributed by atoms with Crippen LogP contribution in [0.5, 0.6) is 5.75 Å². The summed E-state index contributed by atoms with van der Waals surface area (Å²) in [5.41, 5.74) is 6.72. The Morgan fingerprint density at radius 2 is 1.87 bits per heavy atom. The zero-order valence-corrected chi connectivity index (χ0v) is 12.3. The van der Waals surface area contributed by atoms with Gasteiger partial charge in [0.15, 0.2) is 6.61 Å². The van der Waals surface area contributed by atoms with Crippen molar-refractivity contribution >= 4 is 22.6 Å². The van der Waals surface area contributed by atoms with E-state index in [-0.39, 0.29) is 6.61 Å². The van der Waals surface area contributed by atoms with Gasteiger partial charge in [-0.25, -0.2) is 13.8 Å². The largest absolute Gasteiger partial charge is 0.484 e. The van der Waals surface area contributed by atoms with E-state index in [4.69, 9.17) is 10.5 Å². The second kappa shape index (κ2) is 5.60. The number of carbonyl (C=O) groups is 1. The van der Waals surface area contributed by atoms with Crippen LogP contribution in [-0.2, 0) is 7.05 Å². The predicted octanol–water partition coefficient (Wildman–Crippen LogP) is 1.78. The number of aromatic nitrogens is 2. The van der Waals surface area contributed by atoms with Crippen LogP contribution in [0.25, 0.3) is 11.0 Å². The van der Waals surface area contributed by atoms with Gasteiger partial charge < -0.3 is 10.5 Å². The fourth-order valence-corrected chi connectivity index (χ4v) is 2.34. The van der Waals surface area contributed by atoms with Crippen LogP contribution in [0.3, 0.4) is 0 Å². The van der Waals surface area contributed by atoms with Gasteiger partial charge in [-0.2, -0.15) is 0 Å². The second-order valence-electron chi connectivity index (χ2n) is 5.06. The SMILES string of the molecule is Cn1c(=O)n(C(=O)COc2ccc(F)cc2)c2cc(N)ccc21. The summed E-state index contributed by atoms with van der Waals surface area (Å²) < 4.78 is 20.5. The Morgan fingerprint density at radius 3 is 2.57 bits per heavy atom. The van der Waals surface area contributed by atoms with Crippen LogP contribution in [-0.4, -0.2) is 21.6 Å². The molecule has 6 nitrogen and oxygen atoms in total. The molecule has 0 saturated heterocycles. The van der Waals surface area contributed by atoms with Gasteiger partial charge >= 0.3 is 5.69 Å². The first kappa shape index (κ1) is 14.8. The van der Waals surface area contributed by atoms with Crippen molar-refractivity contribution in [2.75, 3.05) is 12.3 Å². The molecule has 2 N–H and O–H groups in total. The Hall–Kier alpha value is -3.09. The number of rotatable bonds is 3. The number of anilines is 1. The maximum Gasteiger partial charge on any atom is 0.335 e. The van der Waals surface area contributed by atoms with E-state index in [1.165, 1.54) is 28.8 Å². The van der Waals surface area contributed by atoms with Crippen molar-refractivity contribution in [2.45, 2.75) is 0 Å². The van der Waals surface area contributed by atoms with Crippen LogP contribution in [0.4, 0.5) is 10.1 Å². The number of aryl methyl sites for hydroxylation is 1. The Morgan fingerprint density at radius 1 is 1.17 bits per heavy atom. The van der Waals surface area contributed by atoms with E-state index in [0.29, 0.717) is 22.5 Å². The summed E-state index contributed by atoms with van der Waals surface area (Å²) in [5.74, 6) is -0.590. The molecule has 0 unspecified atom stereocenters. The Kier molecular flexibility index (Phi) is 3.61. The van der Waals surface area contributed by atoms with Gasteiger partial charge in [0, 0.05) is 12.7 Å². The van der Waals surface area contributed by atoms with Crippen molar-refractivity contribution in [1.82, 2.24) is 9.13 Å². The van der Waals surface area contributed by atoms with Crippen LogP contribution in [0, 0.1) is 5.82 Å². The lowest BCUT2D eigenvalue weighted by Crippen LogP contribution is -2.31. The molecule has 0 fully saturated rings. The first-order valence-corrected chi connectivity index (χ1v) is 6.86. The molecule has 3 rings (SSSR count). The third-order valence-electron chi connectivity index (χ3n) is 3.51. The summed E-state index contributed by atoms with van der Waals surface area (Å²) in [5, 5.41) is 0. The molecule has 1 heterocycles. The maximum atomic E-state index is 12.8. The number of nitrogens with zero attached hydrogens (tertiary/aromatic N) is 2.